The number of urea groups is 1. The number of fused-ring (bicyclic) bond motifs is 2. The molecule has 1 aliphatic carbocycles. The van der Waals surface area contributed by atoms with Crippen molar-refractivity contribution in [3.63, 3.8) is 0 Å². The molecular weight excluding hydrogens is 1120 g/mol. The van der Waals surface area contributed by atoms with Crippen molar-refractivity contribution in [3.8, 4) is 0 Å². The molecule has 0 fully saturated rings. The molecule has 3 aromatic rings. The van der Waals surface area contributed by atoms with E-state index in [2.05, 4.69) is 55.4 Å². The van der Waals surface area contributed by atoms with Crippen molar-refractivity contribution in [2.45, 2.75) is 163 Å². The summed E-state index contributed by atoms with van der Waals surface area (Å²) < 4.78 is 5.49. The lowest BCUT2D eigenvalue weighted by molar-refractivity contribution is -0.141. The molecule has 0 bridgehead atoms. The maximum absolute atomic E-state index is 14.1. The van der Waals surface area contributed by atoms with Gasteiger partial charge in [0.15, 0.2) is 0 Å². The molecule has 476 valence electrons. The molecule has 0 aromatic heterocycles. The van der Waals surface area contributed by atoms with Gasteiger partial charge in [0.25, 0.3) is 0 Å². The predicted molar refractivity (Wildman–Crippen MR) is 340 cm³/mol. The third kappa shape index (κ3) is 19.2. The van der Waals surface area contributed by atoms with E-state index in [4.69, 9.17) is 10.5 Å². The number of amides is 9. The molecule has 5 rings (SSSR count). The number of likely N-dealkylation sites (N-methyl/N-ethyl adjacent to an activating group) is 2. The Kier molecular flexibility index (Phi) is 25.0. The van der Waals surface area contributed by atoms with Gasteiger partial charge in [0, 0.05) is 62.1 Å². The molecule has 21 nitrogen and oxygen atoms in total. The van der Waals surface area contributed by atoms with Gasteiger partial charge >= 0.3 is 18.1 Å². The van der Waals surface area contributed by atoms with Crippen molar-refractivity contribution in [1.82, 2.24) is 41.7 Å². The third-order valence-electron chi connectivity index (χ3n) is 16.4. The van der Waals surface area contributed by atoms with Gasteiger partial charge in [-0.25, -0.2) is 14.4 Å². The smallest absolute Gasteiger partial charge is 0.407 e. The van der Waals surface area contributed by atoms with Crippen LogP contribution in [0.1, 0.15) is 130 Å². The third-order valence-corrected chi connectivity index (χ3v) is 16.4. The largest absolute Gasteiger partial charge is 0.478 e. The summed E-state index contributed by atoms with van der Waals surface area (Å²) in [6, 6.07) is 16.7. The quantitative estimate of drug-likeness (QED) is 0.0267. The zero-order valence-electron chi connectivity index (χ0n) is 53.2. The number of benzene rings is 3. The van der Waals surface area contributed by atoms with Crippen LogP contribution in [0.15, 0.2) is 115 Å². The number of ether oxygens (including phenoxy) is 1. The molecule has 1 heterocycles. The van der Waals surface area contributed by atoms with Crippen LogP contribution in [0.5, 0.6) is 0 Å². The van der Waals surface area contributed by atoms with Crippen LogP contribution in [-0.4, -0.2) is 125 Å². The van der Waals surface area contributed by atoms with E-state index in [0.717, 1.165) is 22.3 Å². The number of allylic oxidation sites excluding steroid dienone is 2. The number of anilines is 1. The molecule has 0 radical (unpaired) electrons. The van der Waals surface area contributed by atoms with E-state index < -0.39 is 94.2 Å². The summed E-state index contributed by atoms with van der Waals surface area (Å²) in [6.45, 7) is 20.7. The first-order chi connectivity index (χ1) is 41.4. The molecule has 88 heavy (non-hydrogen) atoms. The van der Waals surface area contributed by atoms with Crippen LogP contribution in [0.3, 0.4) is 0 Å². The molecule has 2 unspecified atom stereocenters. The highest BCUT2D eigenvalue weighted by molar-refractivity contribution is 5.99. The number of alkyl carbamates (subject to hydrolysis) is 1. The maximum Gasteiger partial charge on any atom is 0.407 e. The predicted octanol–water partition coefficient (Wildman–Crippen LogP) is 7.37. The Balaban J connectivity index is 1.14. The summed E-state index contributed by atoms with van der Waals surface area (Å²) in [5, 5.41) is 29.3. The van der Waals surface area contributed by atoms with E-state index in [-0.39, 0.29) is 74.6 Å². The Morgan fingerprint density at radius 2 is 1.45 bits per heavy atom. The van der Waals surface area contributed by atoms with E-state index >= 15 is 0 Å². The summed E-state index contributed by atoms with van der Waals surface area (Å²) in [5.74, 6) is -4.33. The molecule has 10 N–H and O–H groups in total. The number of carboxylic acid groups (broad SMARTS) is 1. The fourth-order valence-corrected chi connectivity index (χ4v) is 10.8. The minimum atomic E-state index is -1.10. The highest BCUT2D eigenvalue weighted by atomic mass is 16.5. The molecular formula is C67H92N10O11. The average Bonchev–Trinajstić information content (AvgIpc) is 1.37. The van der Waals surface area contributed by atoms with Gasteiger partial charge < -0.3 is 62.6 Å². The van der Waals surface area contributed by atoms with Crippen LogP contribution in [0.25, 0.3) is 6.08 Å². The summed E-state index contributed by atoms with van der Waals surface area (Å²) in [4.78, 5) is 123. The minimum absolute atomic E-state index is 0.0938. The first kappa shape index (κ1) is 70.2. The van der Waals surface area contributed by atoms with Gasteiger partial charge in [0.1, 0.15) is 24.7 Å². The van der Waals surface area contributed by atoms with Gasteiger partial charge in [-0.3, -0.25) is 28.8 Å². The van der Waals surface area contributed by atoms with E-state index in [1.807, 2.05) is 127 Å². The van der Waals surface area contributed by atoms with Crippen molar-refractivity contribution in [2.75, 3.05) is 26.0 Å². The Labute approximate surface area is 518 Å². The zero-order valence-corrected chi connectivity index (χ0v) is 53.2. The Bertz CT molecular complexity index is 3110. The second-order valence-electron chi connectivity index (χ2n) is 25.2. The molecule has 0 spiro atoms. The van der Waals surface area contributed by atoms with Gasteiger partial charge in [-0.05, 0) is 90.9 Å². The number of rotatable bonds is 27. The number of primary amides is 1. The number of hydrogen-bond acceptors (Lipinski definition) is 11. The van der Waals surface area contributed by atoms with Crippen LogP contribution in [-0.2, 0) is 63.4 Å². The van der Waals surface area contributed by atoms with Crippen molar-refractivity contribution >= 4 is 65.3 Å². The Morgan fingerprint density at radius 3 is 2.07 bits per heavy atom. The number of carboxylic acids is 1. The molecule has 2 aliphatic rings. The van der Waals surface area contributed by atoms with E-state index in [0.29, 0.717) is 17.8 Å². The van der Waals surface area contributed by atoms with E-state index in [9.17, 15) is 48.3 Å². The van der Waals surface area contributed by atoms with Crippen LogP contribution in [0, 0.1) is 23.2 Å². The number of nitrogens with zero attached hydrogens (tertiary/aromatic N) is 2. The Morgan fingerprint density at radius 1 is 0.795 bits per heavy atom. The molecule has 0 saturated carbocycles. The van der Waals surface area contributed by atoms with Gasteiger partial charge in [-0.1, -0.05) is 166 Å². The van der Waals surface area contributed by atoms with Crippen LogP contribution in [0.2, 0.25) is 0 Å². The minimum Gasteiger partial charge on any atom is -0.478 e. The summed E-state index contributed by atoms with van der Waals surface area (Å²) in [7, 11) is 3.29. The van der Waals surface area contributed by atoms with Crippen molar-refractivity contribution < 1.29 is 53.0 Å². The van der Waals surface area contributed by atoms with Crippen molar-refractivity contribution in [3.05, 3.63) is 143 Å². The van der Waals surface area contributed by atoms with Crippen molar-refractivity contribution in [2.24, 2.45) is 28.9 Å². The first-order valence-corrected chi connectivity index (χ1v) is 30.0. The van der Waals surface area contributed by atoms with Gasteiger partial charge in [0.2, 0.25) is 35.4 Å². The molecule has 9 amide bonds. The lowest BCUT2D eigenvalue weighted by atomic mass is 9.76. The number of aliphatic carboxylic acids is 1. The Hall–Kier alpha value is -8.59. The summed E-state index contributed by atoms with van der Waals surface area (Å²) in [6.07, 6.45) is 13.1. The van der Waals surface area contributed by atoms with E-state index in [1.54, 1.807) is 58.3 Å². The second-order valence-corrected chi connectivity index (χ2v) is 25.2. The lowest BCUT2D eigenvalue weighted by Gasteiger charge is -2.45. The zero-order chi connectivity index (χ0) is 65.3. The first-order valence-electron chi connectivity index (χ1n) is 30.0. The van der Waals surface area contributed by atoms with Gasteiger partial charge in [-0.15, -0.1) is 0 Å². The lowest BCUT2D eigenvalue weighted by Crippen LogP contribution is -2.61. The fraction of sp³-hybridized carbons (Fsp3) is 0.478. The molecule has 0 saturated heterocycles. The molecule has 1 aliphatic heterocycles. The maximum atomic E-state index is 14.1. The second kappa shape index (κ2) is 31.4. The highest BCUT2D eigenvalue weighted by Gasteiger charge is 2.43. The number of nitrogens with two attached hydrogens (primary N) is 1. The molecule has 7 atom stereocenters. The monoisotopic (exact) mass is 1210 g/mol. The van der Waals surface area contributed by atoms with E-state index in [1.165, 1.54) is 11.8 Å². The van der Waals surface area contributed by atoms with Gasteiger partial charge in [0.05, 0.1) is 17.6 Å². The SMILES string of the molecule is CN[C@@H](C(=O)N[C@H](C(=O)N(C)[C@H](/C=C(\C)C(=O)O)C(C)C)C(C)(C)C)C(C)(C)c1ccc(CNC(=O)OCc2ccc(NC(=O)[C@H](CCCNC(N)=O)NC(=O)[C@@H](NC(=O)CCC(=O)N3Cc4ccccc4/C=C\C4C=CC=CC43C)C(C)C)cc2)cc1. The molecule has 3 aromatic carbocycles. The molecule has 21 heteroatoms. The van der Waals surface area contributed by atoms with Crippen molar-refractivity contribution in [1.29, 1.82) is 0 Å². The van der Waals surface area contributed by atoms with Gasteiger partial charge in [-0.2, -0.15) is 0 Å². The van der Waals surface area contributed by atoms with Crippen LogP contribution >= 0.6 is 0 Å². The standard InChI is InChI=1S/C67H92N10O11/c1-41(2)52(37-43(5)62(84)85)76(13)61(83)57(65(6,7)8)75-60(82)56(69-12)66(9,10)48-28-23-44(24-29-48)38-71-64(87)88-40-45-25-31-50(32-26-45)72-58(80)51(22-18-36-70-63(68)86)73-59(81)55(42(3)4)74-53(78)33-34-54(79)77-39-47-20-15-14-19-46(47)27-30-49-21-16-17-35-67(49,77)11/h14-17,19-21,23-32,35,37,41-42,49,51-52,55-57,69H,18,22,33-34,36,38-40H2,1-13H3,(H,71,87)(H,72,80)(H,73,81)(H,74,78)(H,75,82)(H,84,85)(H3,68,70,86)/b30-27-,43-37+/t49?,51-,52+,55-,56-,57+,67?/m0/s1. The summed E-state index contributed by atoms with van der Waals surface area (Å²) in [5.41, 5.74) is 7.76. The van der Waals surface area contributed by atoms with Crippen LogP contribution < -0.4 is 43.0 Å². The normalized spacial score (nSPS) is 17.7. The number of carbonyl (C=O) groups is 9. The van der Waals surface area contributed by atoms with Crippen LogP contribution in [0.4, 0.5) is 15.3 Å². The number of nitrogens with one attached hydrogen (secondary N) is 7. The fourth-order valence-electron chi connectivity index (χ4n) is 10.8. The number of hydrogen-bond donors (Lipinski definition) is 9. The summed E-state index contributed by atoms with van der Waals surface area (Å²) >= 11 is 0. The topological polar surface area (TPSA) is 300 Å². The number of carbonyl (C=O) groups excluding carboxylic acids is 8. The highest BCUT2D eigenvalue weighted by Crippen LogP contribution is 2.37. The average molecular weight is 1210 g/mol.